The smallest absolute Gasteiger partial charge is 0.209 e. The lowest BCUT2D eigenvalue weighted by atomic mass is 10.0. The third kappa shape index (κ3) is 3.73. The SMILES string of the molecule is C#Cc1c(N)c(O)cc(-c2ccccc2)c1S(=O)(=O)c1cc(N)c(O)cc1-c1ccccc1. The van der Waals surface area contributed by atoms with Crippen LogP contribution in [-0.4, -0.2) is 18.6 Å². The Morgan fingerprint density at radius 2 is 1.27 bits per heavy atom. The summed E-state index contributed by atoms with van der Waals surface area (Å²) in [6.45, 7) is 0. The highest BCUT2D eigenvalue weighted by Gasteiger charge is 2.31. The Labute approximate surface area is 191 Å². The summed E-state index contributed by atoms with van der Waals surface area (Å²) in [6.07, 6.45) is 5.68. The Bertz CT molecular complexity index is 1510. The van der Waals surface area contributed by atoms with E-state index in [2.05, 4.69) is 5.92 Å². The predicted octanol–water partition coefficient (Wildman–Crippen LogP) is 4.41. The standard InChI is InChI=1S/C26H20N2O4S/c1-2-18-25(28)23(30)14-20(17-11-7-4-8-12-17)26(18)33(31,32)24-15-21(27)22(29)13-19(24)16-9-5-3-6-10-16/h1,3-15,29-30H,27-28H2. The lowest BCUT2D eigenvalue weighted by Crippen LogP contribution is -2.11. The van der Waals surface area contributed by atoms with Gasteiger partial charge in [0.1, 0.15) is 11.5 Å². The second kappa shape index (κ2) is 8.26. The number of sulfone groups is 1. The van der Waals surface area contributed by atoms with Gasteiger partial charge >= 0.3 is 0 Å². The van der Waals surface area contributed by atoms with Crippen LogP contribution in [-0.2, 0) is 9.84 Å². The van der Waals surface area contributed by atoms with Crippen LogP contribution in [0.1, 0.15) is 5.56 Å². The number of hydrogen-bond donors (Lipinski definition) is 4. The molecule has 0 heterocycles. The number of phenolic OH excluding ortho intramolecular Hbond substituents is 2. The van der Waals surface area contributed by atoms with Crippen LogP contribution in [0.25, 0.3) is 22.3 Å². The van der Waals surface area contributed by atoms with E-state index in [9.17, 15) is 18.6 Å². The van der Waals surface area contributed by atoms with E-state index in [1.54, 1.807) is 60.7 Å². The Morgan fingerprint density at radius 3 is 1.82 bits per heavy atom. The van der Waals surface area contributed by atoms with Gasteiger partial charge in [-0.1, -0.05) is 66.6 Å². The quantitative estimate of drug-likeness (QED) is 0.205. The molecule has 0 atom stereocenters. The molecule has 0 aliphatic heterocycles. The first kappa shape index (κ1) is 21.8. The van der Waals surface area contributed by atoms with Crippen molar-refractivity contribution in [2.45, 2.75) is 9.79 Å². The number of nitrogens with two attached hydrogens (primary N) is 2. The van der Waals surface area contributed by atoms with E-state index in [0.717, 1.165) is 0 Å². The monoisotopic (exact) mass is 456 g/mol. The molecule has 0 radical (unpaired) electrons. The van der Waals surface area contributed by atoms with E-state index >= 15 is 0 Å². The molecule has 0 aliphatic carbocycles. The predicted molar refractivity (Wildman–Crippen MR) is 129 cm³/mol. The summed E-state index contributed by atoms with van der Waals surface area (Å²) in [5, 5.41) is 20.6. The number of nitrogen functional groups attached to an aromatic ring is 2. The fraction of sp³-hybridized carbons (Fsp3) is 0. The van der Waals surface area contributed by atoms with E-state index in [-0.39, 0.29) is 49.4 Å². The molecule has 6 nitrogen and oxygen atoms in total. The Balaban J connectivity index is 2.13. The number of aromatic hydroxyl groups is 2. The van der Waals surface area contributed by atoms with Crippen LogP contribution in [0.2, 0.25) is 0 Å². The van der Waals surface area contributed by atoms with E-state index < -0.39 is 9.84 Å². The van der Waals surface area contributed by atoms with Crippen molar-refractivity contribution in [3.8, 4) is 46.1 Å². The van der Waals surface area contributed by atoms with Crippen molar-refractivity contribution in [3.63, 3.8) is 0 Å². The van der Waals surface area contributed by atoms with Gasteiger partial charge in [0, 0.05) is 11.1 Å². The highest BCUT2D eigenvalue weighted by atomic mass is 32.2. The number of terminal acetylenes is 1. The number of rotatable bonds is 4. The van der Waals surface area contributed by atoms with Crippen molar-refractivity contribution in [1.82, 2.24) is 0 Å². The highest BCUT2D eigenvalue weighted by Crippen LogP contribution is 2.44. The summed E-state index contributed by atoms with van der Waals surface area (Å²) in [6, 6.07) is 21.2. The number of hydrogen-bond acceptors (Lipinski definition) is 6. The molecule has 4 rings (SSSR count). The molecule has 0 saturated carbocycles. The van der Waals surface area contributed by atoms with Crippen molar-refractivity contribution in [2.24, 2.45) is 0 Å². The molecule has 0 fully saturated rings. The third-order valence-electron chi connectivity index (χ3n) is 5.30. The van der Waals surface area contributed by atoms with Crippen LogP contribution in [0, 0.1) is 12.3 Å². The van der Waals surface area contributed by atoms with Crippen molar-refractivity contribution < 1.29 is 18.6 Å². The van der Waals surface area contributed by atoms with Crippen molar-refractivity contribution in [2.75, 3.05) is 11.5 Å². The fourth-order valence-corrected chi connectivity index (χ4v) is 5.55. The van der Waals surface area contributed by atoms with Gasteiger partial charge in [-0.2, -0.15) is 0 Å². The molecule has 0 unspecified atom stereocenters. The number of benzene rings is 4. The van der Waals surface area contributed by atoms with Gasteiger partial charge in [-0.25, -0.2) is 8.42 Å². The summed E-state index contributed by atoms with van der Waals surface area (Å²) >= 11 is 0. The van der Waals surface area contributed by atoms with Gasteiger partial charge < -0.3 is 21.7 Å². The molecular weight excluding hydrogens is 436 g/mol. The highest BCUT2D eigenvalue weighted by molar-refractivity contribution is 7.91. The molecule has 0 spiro atoms. The first-order chi connectivity index (χ1) is 15.8. The molecule has 0 amide bonds. The lowest BCUT2D eigenvalue weighted by molar-refractivity contribution is 0.477. The summed E-state index contributed by atoms with van der Waals surface area (Å²) in [5.74, 6) is 1.75. The zero-order valence-corrected chi connectivity index (χ0v) is 18.2. The van der Waals surface area contributed by atoms with Crippen LogP contribution in [0.15, 0.2) is 88.7 Å². The number of phenols is 2. The normalized spacial score (nSPS) is 11.1. The first-order valence-corrected chi connectivity index (χ1v) is 11.3. The molecule has 4 aromatic rings. The van der Waals surface area contributed by atoms with Crippen LogP contribution in [0.4, 0.5) is 11.4 Å². The maximum Gasteiger partial charge on any atom is 0.209 e. The van der Waals surface area contributed by atoms with Gasteiger partial charge in [0.25, 0.3) is 0 Å². The Hall–Kier alpha value is -4.41. The van der Waals surface area contributed by atoms with Crippen LogP contribution >= 0.6 is 0 Å². The zero-order chi connectivity index (χ0) is 23.8. The van der Waals surface area contributed by atoms with Crippen molar-refractivity contribution >= 4 is 21.2 Å². The van der Waals surface area contributed by atoms with Gasteiger partial charge in [0.05, 0.1) is 26.7 Å². The molecule has 0 aromatic heterocycles. The molecule has 0 bridgehead atoms. The zero-order valence-electron chi connectivity index (χ0n) is 17.4. The maximum atomic E-state index is 14.2. The first-order valence-electron chi connectivity index (χ1n) is 9.86. The molecule has 33 heavy (non-hydrogen) atoms. The van der Waals surface area contributed by atoms with Crippen molar-refractivity contribution in [1.29, 1.82) is 0 Å². The Morgan fingerprint density at radius 1 is 0.758 bits per heavy atom. The Kier molecular flexibility index (Phi) is 5.46. The minimum Gasteiger partial charge on any atom is -0.506 e. The second-order valence-corrected chi connectivity index (χ2v) is 9.20. The van der Waals surface area contributed by atoms with Gasteiger partial charge in [-0.3, -0.25) is 0 Å². The molecule has 0 saturated heterocycles. The van der Waals surface area contributed by atoms with Gasteiger partial charge in [0.15, 0.2) is 0 Å². The molecule has 7 heteroatoms. The average Bonchev–Trinajstić information content (AvgIpc) is 2.82. The lowest BCUT2D eigenvalue weighted by Gasteiger charge is -2.19. The topological polar surface area (TPSA) is 127 Å². The van der Waals surface area contributed by atoms with E-state index in [0.29, 0.717) is 11.1 Å². The molecule has 0 aliphatic rings. The minimum atomic E-state index is -4.34. The molecule has 164 valence electrons. The van der Waals surface area contributed by atoms with E-state index in [1.807, 2.05) is 0 Å². The number of anilines is 2. The summed E-state index contributed by atoms with van der Waals surface area (Å²) in [5.41, 5.74) is 12.9. The second-order valence-electron chi connectivity index (χ2n) is 7.35. The minimum absolute atomic E-state index is 0.108. The third-order valence-corrected chi connectivity index (χ3v) is 7.18. The van der Waals surface area contributed by atoms with Crippen LogP contribution in [0.5, 0.6) is 11.5 Å². The average molecular weight is 457 g/mol. The van der Waals surface area contributed by atoms with Gasteiger partial charge in [-0.15, -0.1) is 6.42 Å². The van der Waals surface area contributed by atoms with E-state index in [4.69, 9.17) is 17.9 Å². The summed E-state index contributed by atoms with van der Waals surface area (Å²) in [7, 11) is -4.34. The largest absolute Gasteiger partial charge is 0.506 e. The summed E-state index contributed by atoms with van der Waals surface area (Å²) < 4.78 is 28.3. The van der Waals surface area contributed by atoms with Crippen molar-refractivity contribution in [3.05, 3.63) is 84.4 Å². The molecular formula is C26H20N2O4S. The molecule has 6 N–H and O–H groups in total. The van der Waals surface area contributed by atoms with Gasteiger partial charge in [0.2, 0.25) is 9.84 Å². The molecule has 4 aromatic carbocycles. The van der Waals surface area contributed by atoms with Gasteiger partial charge in [-0.05, 0) is 29.3 Å². The van der Waals surface area contributed by atoms with Crippen LogP contribution in [0.3, 0.4) is 0 Å². The summed E-state index contributed by atoms with van der Waals surface area (Å²) in [4.78, 5) is -0.378. The maximum absolute atomic E-state index is 14.2. The van der Waals surface area contributed by atoms with Crippen LogP contribution < -0.4 is 11.5 Å². The van der Waals surface area contributed by atoms with E-state index in [1.165, 1.54) is 18.2 Å². The fourth-order valence-electron chi connectivity index (χ4n) is 3.68.